The number of likely N-dealkylation sites (tertiary alicyclic amines) is 1. The van der Waals surface area contributed by atoms with Crippen molar-refractivity contribution in [2.75, 3.05) is 19.6 Å². The highest BCUT2D eigenvalue weighted by Crippen LogP contribution is 2.38. The lowest BCUT2D eigenvalue weighted by Crippen LogP contribution is -2.47. The van der Waals surface area contributed by atoms with Crippen molar-refractivity contribution in [2.24, 2.45) is 5.41 Å². The van der Waals surface area contributed by atoms with Gasteiger partial charge in [0.05, 0.1) is 5.41 Å². The van der Waals surface area contributed by atoms with Gasteiger partial charge in [0.2, 0.25) is 5.91 Å². The van der Waals surface area contributed by atoms with Crippen LogP contribution in [0.5, 0.6) is 0 Å². The van der Waals surface area contributed by atoms with E-state index in [2.05, 4.69) is 52.7 Å². The zero-order chi connectivity index (χ0) is 15.7. The van der Waals surface area contributed by atoms with E-state index in [9.17, 15) is 4.79 Å². The molecule has 1 amide bonds. The second kappa shape index (κ2) is 6.10. The van der Waals surface area contributed by atoms with E-state index in [4.69, 9.17) is 0 Å². The number of rotatable bonds is 3. The molecule has 2 aliphatic heterocycles. The predicted molar refractivity (Wildman–Crippen MR) is 94.3 cm³/mol. The van der Waals surface area contributed by atoms with Crippen LogP contribution in [0.4, 0.5) is 0 Å². The number of nitrogens with one attached hydrogen (secondary N) is 1. The molecule has 3 nitrogen and oxygen atoms in total. The Hall–Kier alpha value is -1.65. The Kier molecular flexibility index (Phi) is 3.95. The van der Waals surface area contributed by atoms with Crippen molar-refractivity contribution in [1.29, 1.82) is 0 Å². The van der Waals surface area contributed by atoms with E-state index in [-0.39, 0.29) is 11.3 Å². The highest BCUT2D eigenvalue weighted by Gasteiger charge is 2.45. The quantitative estimate of drug-likeness (QED) is 0.936. The molecule has 120 valence electrons. The third kappa shape index (κ3) is 2.93. The molecule has 3 heterocycles. The molecule has 1 N–H and O–H groups in total. The number of thiophene rings is 1. The first kappa shape index (κ1) is 14.9. The van der Waals surface area contributed by atoms with Crippen molar-refractivity contribution in [2.45, 2.75) is 25.8 Å². The third-order valence-electron chi connectivity index (χ3n) is 5.13. The lowest BCUT2D eigenvalue weighted by Gasteiger charge is -2.32. The minimum atomic E-state index is -0.113. The molecule has 1 atom stereocenters. The number of piperidine rings is 1. The summed E-state index contributed by atoms with van der Waals surface area (Å²) in [6.07, 6.45) is 3.18. The Morgan fingerprint density at radius 3 is 2.83 bits per heavy atom. The molecule has 2 aliphatic rings. The van der Waals surface area contributed by atoms with E-state index in [1.54, 1.807) is 0 Å². The maximum atomic E-state index is 12.3. The van der Waals surface area contributed by atoms with Gasteiger partial charge in [-0.1, -0.05) is 30.3 Å². The van der Waals surface area contributed by atoms with Crippen LogP contribution in [0, 0.1) is 5.41 Å². The van der Waals surface area contributed by atoms with Crippen LogP contribution >= 0.6 is 11.3 Å². The number of hydrogen-bond donors (Lipinski definition) is 1. The van der Waals surface area contributed by atoms with E-state index in [0.717, 1.165) is 45.4 Å². The molecular formula is C19H22N2OS. The summed E-state index contributed by atoms with van der Waals surface area (Å²) in [5.41, 5.74) is 1.17. The monoisotopic (exact) mass is 326 g/mol. The predicted octanol–water partition coefficient (Wildman–Crippen LogP) is 3.52. The average Bonchev–Trinajstić information content (AvgIpc) is 3.20. The van der Waals surface area contributed by atoms with Gasteiger partial charge in [-0.3, -0.25) is 9.69 Å². The molecule has 0 aliphatic carbocycles. The Morgan fingerprint density at radius 1 is 1.13 bits per heavy atom. The smallest absolute Gasteiger partial charge is 0.227 e. The molecule has 4 heteroatoms. The van der Waals surface area contributed by atoms with Crippen LogP contribution in [0.15, 0.2) is 42.5 Å². The molecular weight excluding hydrogens is 304 g/mol. The van der Waals surface area contributed by atoms with Gasteiger partial charge >= 0.3 is 0 Å². The van der Waals surface area contributed by atoms with Crippen LogP contribution in [0.25, 0.3) is 10.4 Å². The summed E-state index contributed by atoms with van der Waals surface area (Å²) in [7, 11) is 0. The molecule has 2 aromatic rings. The Morgan fingerprint density at radius 2 is 2.00 bits per heavy atom. The maximum absolute atomic E-state index is 12.3. The van der Waals surface area contributed by atoms with E-state index in [0.29, 0.717) is 0 Å². The molecule has 1 aromatic carbocycles. The summed E-state index contributed by atoms with van der Waals surface area (Å²) >= 11 is 1.87. The molecule has 2 fully saturated rings. The Bertz CT molecular complexity index is 696. The topological polar surface area (TPSA) is 32.3 Å². The molecule has 1 aromatic heterocycles. The maximum Gasteiger partial charge on any atom is 0.227 e. The van der Waals surface area contributed by atoms with Crippen LogP contribution in [-0.4, -0.2) is 30.4 Å². The molecule has 1 spiro atoms. The fourth-order valence-corrected chi connectivity index (χ4v) is 4.91. The first-order chi connectivity index (χ1) is 11.3. The summed E-state index contributed by atoms with van der Waals surface area (Å²) in [4.78, 5) is 17.4. The highest BCUT2D eigenvalue weighted by molar-refractivity contribution is 7.15. The van der Waals surface area contributed by atoms with Crippen molar-refractivity contribution >= 4 is 17.2 Å². The second-order valence-electron chi connectivity index (χ2n) is 6.73. The van der Waals surface area contributed by atoms with Crippen LogP contribution < -0.4 is 5.32 Å². The minimum Gasteiger partial charge on any atom is -0.356 e. The standard InChI is InChI=1S/C19H22N2OS/c22-18-19(9-4-11-20-18)10-12-21(14-19)13-16-7-8-17(23-16)15-5-2-1-3-6-15/h1-3,5-8H,4,9-14H2,(H,20,22). The molecule has 23 heavy (non-hydrogen) atoms. The molecule has 2 saturated heterocycles. The molecule has 0 radical (unpaired) electrons. The largest absolute Gasteiger partial charge is 0.356 e. The van der Waals surface area contributed by atoms with Gasteiger partial charge in [-0.2, -0.15) is 0 Å². The Balaban J connectivity index is 1.44. The van der Waals surface area contributed by atoms with Crippen molar-refractivity contribution in [3.8, 4) is 10.4 Å². The van der Waals surface area contributed by atoms with Gasteiger partial charge in [0.1, 0.15) is 0 Å². The van der Waals surface area contributed by atoms with Gasteiger partial charge in [0.25, 0.3) is 0 Å². The normalized spacial score (nSPS) is 25.0. The van der Waals surface area contributed by atoms with E-state index in [1.165, 1.54) is 15.3 Å². The first-order valence-electron chi connectivity index (χ1n) is 8.40. The molecule has 4 rings (SSSR count). The average molecular weight is 326 g/mol. The van der Waals surface area contributed by atoms with Crippen molar-refractivity contribution in [3.05, 3.63) is 47.3 Å². The first-order valence-corrected chi connectivity index (χ1v) is 9.22. The summed E-state index contributed by atoms with van der Waals surface area (Å²) in [6, 6.07) is 15.0. The highest BCUT2D eigenvalue weighted by atomic mass is 32.1. The Labute approximate surface area is 141 Å². The lowest BCUT2D eigenvalue weighted by molar-refractivity contribution is -0.132. The summed E-state index contributed by atoms with van der Waals surface area (Å²) in [5, 5.41) is 3.06. The molecule has 0 bridgehead atoms. The van der Waals surface area contributed by atoms with Crippen LogP contribution in [0.1, 0.15) is 24.1 Å². The van der Waals surface area contributed by atoms with Gasteiger partial charge in [-0.15, -0.1) is 11.3 Å². The fraction of sp³-hybridized carbons (Fsp3) is 0.421. The van der Waals surface area contributed by atoms with Gasteiger partial charge in [-0.25, -0.2) is 0 Å². The number of amides is 1. The third-order valence-corrected chi connectivity index (χ3v) is 6.25. The molecule has 1 unspecified atom stereocenters. The number of nitrogens with zero attached hydrogens (tertiary/aromatic N) is 1. The van der Waals surface area contributed by atoms with E-state index >= 15 is 0 Å². The van der Waals surface area contributed by atoms with Gasteiger partial charge < -0.3 is 5.32 Å². The van der Waals surface area contributed by atoms with Gasteiger partial charge in [0, 0.05) is 29.4 Å². The SMILES string of the molecule is O=C1NCCCC12CCN(Cc1ccc(-c3ccccc3)s1)C2. The number of benzene rings is 1. The van der Waals surface area contributed by atoms with Crippen LogP contribution in [-0.2, 0) is 11.3 Å². The van der Waals surface area contributed by atoms with Crippen LogP contribution in [0.3, 0.4) is 0 Å². The van der Waals surface area contributed by atoms with Crippen molar-refractivity contribution < 1.29 is 4.79 Å². The summed E-state index contributed by atoms with van der Waals surface area (Å²) in [6.45, 7) is 3.77. The molecule has 0 saturated carbocycles. The number of carbonyl (C=O) groups is 1. The number of hydrogen-bond acceptors (Lipinski definition) is 3. The van der Waals surface area contributed by atoms with E-state index in [1.807, 2.05) is 11.3 Å². The zero-order valence-electron chi connectivity index (χ0n) is 13.3. The fourth-order valence-electron chi connectivity index (χ4n) is 3.85. The van der Waals surface area contributed by atoms with Gasteiger partial charge in [-0.05, 0) is 43.5 Å². The number of carbonyl (C=O) groups excluding carboxylic acids is 1. The minimum absolute atomic E-state index is 0.113. The summed E-state index contributed by atoms with van der Waals surface area (Å²) in [5.74, 6) is 0.280. The summed E-state index contributed by atoms with van der Waals surface area (Å²) < 4.78 is 0. The van der Waals surface area contributed by atoms with Crippen LogP contribution in [0.2, 0.25) is 0 Å². The zero-order valence-corrected chi connectivity index (χ0v) is 14.1. The van der Waals surface area contributed by atoms with Crippen molar-refractivity contribution in [3.63, 3.8) is 0 Å². The van der Waals surface area contributed by atoms with Gasteiger partial charge in [0.15, 0.2) is 0 Å². The second-order valence-corrected chi connectivity index (χ2v) is 7.90. The lowest BCUT2D eigenvalue weighted by atomic mass is 9.79. The van der Waals surface area contributed by atoms with E-state index < -0.39 is 0 Å². The van der Waals surface area contributed by atoms with Crippen molar-refractivity contribution in [1.82, 2.24) is 10.2 Å².